The molecule has 2 N–H and O–H groups in total. The highest BCUT2D eigenvalue weighted by Gasteiger charge is 2.22. The Kier molecular flexibility index (Phi) is 8.89. The second kappa shape index (κ2) is 11.8. The van der Waals surface area contributed by atoms with Crippen molar-refractivity contribution in [3.05, 3.63) is 60.2 Å². The van der Waals surface area contributed by atoms with Crippen molar-refractivity contribution in [3.63, 3.8) is 0 Å². The number of benzene rings is 2. The van der Waals surface area contributed by atoms with Crippen LogP contribution in [0.2, 0.25) is 0 Å². The summed E-state index contributed by atoms with van der Waals surface area (Å²) in [6, 6.07) is 17.9. The van der Waals surface area contributed by atoms with Crippen LogP contribution in [0, 0.1) is 0 Å². The van der Waals surface area contributed by atoms with Crippen LogP contribution in [-0.4, -0.2) is 49.0 Å². The van der Waals surface area contributed by atoms with E-state index in [1.807, 2.05) is 42.5 Å². The van der Waals surface area contributed by atoms with Crippen molar-refractivity contribution in [3.8, 4) is 5.75 Å². The molecule has 0 radical (unpaired) electrons. The number of likely N-dealkylation sites (tertiary alicyclic amines) is 1. The van der Waals surface area contributed by atoms with Gasteiger partial charge in [-0.1, -0.05) is 51.1 Å². The van der Waals surface area contributed by atoms with Gasteiger partial charge in [-0.2, -0.15) is 0 Å². The van der Waals surface area contributed by atoms with E-state index >= 15 is 0 Å². The zero-order chi connectivity index (χ0) is 23.7. The van der Waals surface area contributed by atoms with Crippen LogP contribution in [0.4, 0.5) is 5.69 Å². The first-order valence-corrected chi connectivity index (χ1v) is 11.9. The lowest BCUT2D eigenvalue weighted by Crippen LogP contribution is -2.46. The third-order valence-corrected chi connectivity index (χ3v) is 5.91. The number of carbonyl (C=O) groups excluding carboxylic acids is 2. The van der Waals surface area contributed by atoms with E-state index in [4.69, 9.17) is 4.74 Å². The number of carbonyl (C=O) groups is 2. The van der Waals surface area contributed by atoms with Gasteiger partial charge < -0.3 is 15.4 Å². The van der Waals surface area contributed by atoms with Gasteiger partial charge in [0.2, 0.25) is 11.8 Å². The topological polar surface area (TPSA) is 70.7 Å². The minimum absolute atomic E-state index is 0.00303. The molecule has 3 rings (SSSR count). The monoisotopic (exact) mass is 451 g/mol. The van der Waals surface area contributed by atoms with E-state index < -0.39 is 0 Å². The third kappa shape index (κ3) is 8.54. The van der Waals surface area contributed by atoms with Crippen LogP contribution in [0.15, 0.2) is 54.6 Å². The Bertz CT molecular complexity index is 883. The summed E-state index contributed by atoms with van der Waals surface area (Å²) in [6.45, 7) is 9.08. The van der Waals surface area contributed by atoms with Gasteiger partial charge in [0, 0.05) is 31.2 Å². The quantitative estimate of drug-likeness (QED) is 0.556. The van der Waals surface area contributed by atoms with E-state index in [0.29, 0.717) is 26.0 Å². The van der Waals surface area contributed by atoms with Gasteiger partial charge in [0.05, 0.1) is 13.2 Å². The fourth-order valence-electron chi connectivity index (χ4n) is 3.93. The van der Waals surface area contributed by atoms with Crippen molar-refractivity contribution in [1.82, 2.24) is 10.2 Å². The molecular weight excluding hydrogens is 414 g/mol. The van der Waals surface area contributed by atoms with Gasteiger partial charge in [0.25, 0.3) is 0 Å². The standard InChI is InChI=1S/C27H37N3O3/c1-27(2,3)21-11-13-24(14-12-21)33-19-7-10-25(31)28-23-15-17-30(18-16-23)20-26(32)29-22-8-5-4-6-9-22/h4-6,8-9,11-14,23H,7,10,15-20H2,1-3H3,(H,28,31)(H,29,32). The fourth-order valence-corrected chi connectivity index (χ4v) is 3.93. The van der Waals surface area contributed by atoms with Gasteiger partial charge in [-0.25, -0.2) is 0 Å². The Morgan fingerprint density at radius 3 is 2.27 bits per heavy atom. The summed E-state index contributed by atoms with van der Waals surface area (Å²) < 4.78 is 5.78. The molecule has 0 unspecified atom stereocenters. The van der Waals surface area contributed by atoms with Gasteiger partial charge in [-0.15, -0.1) is 0 Å². The molecule has 0 saturated carbocycles. The van der Waals surface area contributed by atoms with E-state index in [-0.39, 0.29) is 23.3 Å². The largest absolute Gasteiger partial charge is 0.494 e. The van der Waals surface area contributed by atoms with Crippen molar-refractivity contribution in [2.45, 2.75) is 57.9 Å². The number of nitrogens with one attached hydrogen (secondary N) is 2. The first kappa shape index (κ1) is 24.8. The Balaban J connectivity index is 1.27. The average Bonchev–Trinajstić information content (AvgIpc) is 2.78. The summed E-state index contributed by atoms with van der Waals surface area (Å²) in [6.07, 6.45) is 2.87. The highest BCUT2D eigenvalue weighted by molar-refractivity contribution is 5.92. The molecule has 1 aliphatic heterocycles. The molecule has 1 saturated heterocycles. The van der Waals surface area contributed by atoms with Gasteiger partial charge >= 0.3 is 0 Å². The Morgan fingerprint density at radius 1 is 0.970 bits per heavy atom. The maximum Gasteiger partial charge on any atom is 0.238 e. The maximum atomic E-state index is 12.3. The molecule has 6 heteroatoms. The Labute approximate surface area is 197 Å². The molecule has 2 amide bonds. The number of hydrogen-bond donors (Lipinski definition) is 2. The van der Waals surface area contributed by atoms with Gasteiger partial charge in [-0.3, -0.25) is 14.5 Å². The second-order valence-electron chi connectivity index (χ2n) is 9.76. The molecule has 2 aromatic carbocycles. The highest BCUT2D eigenvalue weighted by atomic mass is 16.5. The molecule has 1 aliphatic rings. The number of piperidine rings is 1. The molecule has 0 bridgehead atoms. The summed E-state index contributed by atoms with van der Waals surface area (Å²) in [5, 5.41) is 6.05. The second-order valence-corrected chi connectivity index (χ2v) is 9.76. The van der Waals surface area contributed by atoms with Gasteiger partial charge in [-0.05, 0) is 54.5 Å². The number of rotatable bonds is 9. The van der Waals surface area contributed by atoms with Crippen LogP contribution < -0.4 is 15.4 Å². The highest BCUT2D eigenvalue weighted by Crippen LogP contribution is 2.24. The summed E-state index contributed by atoms with van der Waals surface area (Å²) in [5.74, 6) is 0.908. The SMILES string of the molecule is CC(C)(C)c1ccc(OCCCC(=O)NC2CCN(CC(=O)Nc3ccccc3)CC2)cc1. The maximum absolute atomic E-state index is 12.3. The first-order valence-electron chi connectivity index (χ1n) is 11.9. The van der Waals surface area contributed by atoms with Gasteiger partial charge in [0.1, 0.15) is 5.75 Å². The van der Waals surface area contributed by atoms with E-state index in [1.54, 1.807) is 0 Å². The zero-order valence-corrected chi connectivity index (χ0v) is 20.1. The summed E-state index contributed by atoms with van der Waals surface area (Å²) in [4.78, 5) is 26.6. The molecule has 0 spiro atoms. The average molecular weight is 452 g/mol. The first-order chi connectivity index (χ1) is 15.8. The predicted octanol–water partition coefficient (Wildman–Crippen LogP) is 4.36. The van der Waals surface area contributed by atoms with E-state index in [9.17, 15) is 9.59 Å². The predicted molar refractivity (Wildman–Crippen MR) is 133 cm³/mol. The molecule has 33 heavy (non-hydrogen) atoms. The number of anilines is 1. The number of nitrogens with zero attached hydrogens (tertiary/aromatic N) is 1. The van der Waals surface area contributed by atoms with Crippen LogP contribution in [0.3, 0.4) is 0 Å². The fraction of sp³-hybridized carbons (Fsp3) is 0.481. The van der Waals surface area contributed by atoms with Crippen LogP contribution in [0.5, 0.6) is 5.75 Å². The lowest BCUT2D eigenvalue weighted by molar-refractivity contribution is -0.123. The normalized spacial score (nSPS) is 15.1. The lowest BCUT2D eigenvalue weighted by Gasteiger charge is -2.31. The van der Waals surface area contributed by atoms with Gasteiger partial charge in [0.15, 0.2) is 0 Å². The smallest absolute Gasteiger partial charge is 0.238 e. The van der Waals surface area contributed by atoms with E-state index in [0.717, 1.165) is 37.4 Å². The molecule has 1 heterocycles. The van der Waals surface area contributed by atoms with Crippen LogP contribution in [0.25, 0.3) is 0 Å². The molecule has 0 aromatic heterocycles. The summed E-state index contributed by atoms with van der Waals surface area (Å²) >= 11 is 0. The lowest BCUT2D eigenvalue weighted by atomic mass is 9.87. The van der Waals surface area contributed by atoms with Crippen molar-refractivity contribution >= 4 is 17.5 Å². The molecule has 6 nitrogen and oxygen atoms in total. The van der Waals surface area contributed by atoms with Crippen LogP contribution in [0.1, 0.15) is 52.0 Å². The van der Waals surface area contributed by atoms with E-state index in [2.05, 4.69) is 48.4 Å². The van der Waals surface area contributed by atoms with Crippen molar-refractivity contribution in [1.29, 1.82) is 0 Å². The molecule has 178 valence electrons. The molecule has 0 aliphatic carbocycles. The summed E-state index contributed by atoms with van der Waals surface area (Å²) in [7, 11) is 0. The van der Waals surface area contributed by atoms with Crippen molar-refractivity contribution in [2.75, 3.05) is 31.6 Å². The number of para-hydroxylation sites is 1. The molecular formula is C27H37N3O3. The van der Waals surface area contributed by atoms with Crippen LogP contribution >= 0.6 is 0 Å². The number of ether oxygens (including phenoxy) is 1. The van der Waals surface area contributed by atoms with Crippen LogP contribution in [-0.2, 0) is 15.0 Å². The minimum Gasteiger partial charge on any atom is -0.494 e. The number of amides is 2. The third-order valence-electron chi connectivity index (χ3n) is 5.91. The molecule has 1 fully saturated rings. The summed E-state index contributed by atoms with van der Waals surface area (Å²) in [5.41, 5.74) is 2.22. The Hall–Kier alpha value is -2.86. The van der Waals surface area contributed by atoms with Crippen molar-refractivity contribution in [2.24, 2.45) is 0 Å². The minimum atomic E-state index is -0.00303. The molecule has 0 atom stereocenters. The van der Waals surface area contributed by atoms with E-state index in [1.165, 1.54) is 5.56 Å². The van der Waals surface area contributed by atoms with Crippen molar-refractivity contribution < 1.29 is 14.3 Å². The number of hydrogen-bond acceptors (Lipinski definition) is 4. The zero-order valence-electron chi connectivity index (χ0n) is 20.1. The Morgan fingerprint density at radius 2 is 1.64 bits per heavy atom. The molecule has 2 aromatic rings.